The molecular formula is C26H23BrClN5. The molecule has 5 rings (SSSR count). The summed E-state index contributed by atoms with van der Waals surface area (Å²) in [5, 5.41) is 5.03. The molecule has 0 amide bonds. The first-order valence-electron chi connectivity index (χ1n) is 10.8. The molecule has 1 fully saturated rings. The molecule has 2 aromatic carbocycles. The van der Waals surface area contributed by atoms with Crippen LogP contribution in [0.15, 0.2) is 88.1 Å². The average molecular weight is 521 g/mol. The van der Waals surface area contributed by atoms with Gasteiger partial charge < -0.3 is 15.6 Å². The van der Waals surface area contributed by atoms with E-state index in [-0.39, 0.29) is 0 Å². The molecule has 2 aliphatic carbocycles. The van der Waals surface area contributed by atoms with Gasteiger partial charge in [0.1, 0.15) is 0 Å². The maximum absolute atomic E-state index is 6.18. The van der Waals surface area contributed by atoms with Crippen LogP contribution < -0.4 is 16.4 Å². The van der Waals surface area contributed by atoms with E-state index in [9.17, 15) is 0 Å². The number of hydrogen-bond donors (Lipinski definition) is 2. The van der Waals surface area contributed by atoms with Gasteiger partial charge in [-0.05, 0) is 78.9 Å². The summed E-state index contributed by atoms with van der Waals surface area (Å²) in [4.78, 5) is 9.96. The lowest BCUT2D eigenvalue weighted by molar-refractivity contribution is 0.996. The van der Waals surface area contributed by atoms with E-state index < -0.39 is 0 Å². The van der Waals surface area contributed by atoms with Crippen LogP contribution in [0.2, 0.25) is 5.02 Å². The predicted molar refractivity (Wildman–Crippen MR) is 140 cm³/mol. The maximum Gasteiger partial charge on any atom is 0.0900 e. The maximum atomic E-state index is 6.18. The van der Waals surface area contributed by atoms with Gasteiger partial charge in [-0.2, -0.15) is 0 Å². The van der Waals surface area contributed by atoms with Gasteiger partial charge in [-0.3, -0.25) is 4.99 Å². The molecule has 0 bridgehead atoms. The first kappa shape index (κ1) is 21.7. The van der Waals surface area contributed by atoms with Crippen molar-refractivity contribution in [2.24, 2.45) is 10.7 Å². The first-order chi connectivity index (χ1) is 16.0. The van der Waals surface area contributed by atoms with E-state index in [0.29, 0.717) is 11.1 Å². The molecule has 0 aromatic heterocycles. The minimum Gasteiger partial charge on any atom is -0.403 e. The number of anilines is 1. The van der Waals surface area contributed by atoms with Gasteiger partial charge in [-0.15, -0.1) is 0 Å². The topological polar surface area (TPSA) is 68.2 Å². The van der Waals surface area contributed by atoms with Crippen LogP contribution in [0.1, 0.15) is 19.8 Å². The number of fused-ring (bicyclic) bond motifs is 2. The van der Waals surface area contributed by atoms with Crippen molar-refractivity contribution in [3.63, 3.8) is 0 Å². The summed E-state index contributed by atoms with van der Waals surface area (Å²) in [6, 6.07) is 20.5. The van der Waals surface area contributed by atoms with Crippen LogP contribution in [0.5, 0.6) is 0 Å². The van der Waals surface area contributed by atoms with Crippen LogP contribution >= 0.6 is 27.5 Å². The fraction of sp³-hybridized carbons (Fsp3) is 0.154. The fourth-order valence-corrected chi connectivity index (χ4v) is 4.19. The highest BCUT2D eigenvalue weighted by Gasteiger charge is 2.22. The smallest absolute Gasteiger partial charge is 0.0900 e. The molecule has 2 aromatic rings. The standard InChI is InChI=1S/C26H23BrClN5/c1-16(27)12-19(15-29)31-22-13-24-26(14-23(22)30-18-8-9-18)33(20-10-6-17(28)7-11-20)25-5-3-2-4-21(25)32-24/h2-7,10-15,18,31H,8-9,29H2,1H3/b16-12+,19-15+,30-23?. The summed E-state index contributed by atoms with van der Waals surface area (Å²) in [5.74, 6) is 0. The highest BCUT2D eigenvalue weighted by atomic mass is 79.9. The van der Waals surface area contributed by atoms with Crippen LogP contribution in [0.4, 0.5) is 5.69 Å². The van der Waals surface area contributed by atoms with Crippen molar-refractivity contribution < 1.29 is 0 Å². The predicted octanol–water partition coefficient (Wildman–Crippen LogP) is 6.36. The van der Waals surface area contributed by atoms with Gasteiger partial charge in [0.15, 0.2) is 0 Å². The molecule has 33 heavy (non-hydrogen) atoms. The Kier molecular flexibility index (Phi) is 5.96. The number of allylic oxidation sites excluding steroid dienone is 2. The monoisotopic (exact) mass is 519 g/mol. The zero-order valence-corrected chi connectivity index (χ0v) is 20.4. The number of nitrogens with two attached hydrogens (primary N) is 1. The molecule has 3 aliphatic rings. The number of rotatable bonds is 5. The Bertz CT molecular complexity index is 1430. The highest BCUT2D eigenvalue weighted by molar-refractivity contribution is 9.11. The van der Waals surface area contributed by atoms with Crippen LogP contribution in [-0.4, -0.2) is 15.6 Å². The van der Waals surface area contributed by atoms with Crippen molar-refractivity contribution in [2.45, 2.75) is 25.8 Å². The van der Waals surface area contributed by atoms with E-state index in [1.807, 2.05) is 55.5 Å². The first-order valence-corrected chi connectivity index (χ1v) is 12.0. The molecule has 0 spiro atoms. The number of aromatic nitrogens is 2. The summed E-state index contributed by atoms with van der Waals surface area (Å²) < 4.78 is 3.18. The molecule has 0 atom stereocenters. The lowest BCUT2D eigenvalue weighted by Gasteiger charge is -2.20. The minimum atomic E-state index is 0.360. The van der Waals surface area contributed by atoms with Gasteiger partial charge in [-0.1, -0.05) is 39.7 Å². The lowest BCUT2D eigenvalue weighted by atomic mass is 10.1. The second-order valence-electron chi connectivity index (χ2n) is 8.11. The molecule has 0 saturated heterocycles. The molecule has 5 nitrogen and oxygen atoms in total. The Balaban J connectivity index is 1.79. The number of halogens is 2. The Labute approximate surface area is 205 Å². The van der Waals surface area contributed by atoms with Crippen molar-refractivity contribution in [1.29, 1.82) is 0 Å². The van der Waals surface area contributed by atoms with Gasteiger partial charge in [0.25, 0.3) is 0 Å². The van der Waals surface area contributed by atoms with E-state index in [1.165, 1.54) is 0 Å². The number of hydrogen-bond acceptors (Lipinski definition) is 4. The van der Waals surface area contributed by atoms with Crippen molar-refractivity contribution >= 4 is 44.3 Å². The van der Waals surface area contributed by atoms with Gasteiger partial charge in [0.2, 0.25) is 0 Å². The van der Waals surface area contributed by atoms with Gasteiger partial charge in [0.05, 0.1) is 45.2 Å². The SMILES string of the molecule is C/C(Br)=C\C(=C/N)Nc1cc2nc3ccccc3n(-c3ccc(Cl)cc3)c-2cc1=NC1CC1. The zero-order chi connectivity index (χ0) is 22.9. The van der Waals surface area contributed by atoms with E-state index >= 15 is 0 Å². The normalized spacial score (nSPS) is 15.4. The van der Waals surface area contributed by atoms with E-state index in [1.54, 1.807) is 6.20 Å². The van der Waals surface area contributed by atoms with Gasteiger partial charge in [0, 0.05) is 16.9 Å². The number of benzene rings is 3. The summed E-state index contributed by atoms with van der Waals surface area (Å²) in [5.41, 5.74) is 12.3. The quantitative estimate of drug-likeness (QED) is 0.238. The average Bonchev–Trinajstić information content (AvgIpc) is 3.62. The summed E-state index contributed by atoms with van der Waals surface area (Å²) >= 11 is 9.66. The second kappa shape index (κ2) is 9.04. The number of nitrogens with one attached hydrogen (secondary N) is 1. The van der Waals surface area contributed by atoms with Crippen LogP contribution in [-0.2, 0) is 0 Å². The fourth-order valence-electron chi connectivity index (χ4n) is 3.81. The molecule has 7 heteroatoms. The Morgan fingerprint density at radius 2 is 1.94 bits per heavy atom. The third kappa shape index (κ3) is 4.68. The van der Waals surface area contributed by atoms with Crippen molar-refractivity contribution in [3.8, 4) is 17.1 Å². The van der Waals surface area contributed by atoms with Crippen molar-refractivity contribution in [1.82, 2.24) is 9.55 Å². The van der Waals surface area contributed by atoms with E-state index in [2.05, 4.69) is 44.0 Å². The molecule has 0 unspecified atom stereocenters. The molecule has 1 aliphatic heterocycles. The Morgan fingerprint density at radius 3 is 2.64 bits per heavy atom. The minimum absolute atomic E-state index is 0.360. The number of para-hydroxylation sites is 2. The third-order valence-electron chi connectivity index (χ3n) is 5.46. The van der Waals surface area contributed by atoms with Crippen molar-refractivity contribution in [3.05, 3.63) is 93.5 Å². The largest absolute Gasteiger partial charge is 0.403 e. The van der Waals surface area contributed by atoms with E-state index in [4.69, 9.17) is 27.3 Å². The van der Waals surface area contributed by atoms with Crippen LogP contribution in [0.3, 0.4) is 0 Å². The van der Waals surface area contributed by atoms with Crippen LogP contribution in [0, 0.1) is 0 Å². The van der Waals surface area contributed by atoms with Gasteiger partial charge in [-0.25, -0.2) is 4.98 Å². The molecule has 3 N–H and O–H groups in total. The van der Waals surface area contributed by atoms with Gasteiger partial charge >= 0.3 is 0 Å². The summed E-state index contributed by atoms with van der Waals surface area (Å²) in [6.45, 7) is 1.96. The lowest BCUT2D eigenvalue weighted by Crippen LogP contribution is -2.17. The molecular weight excluding hydrogens is 498 g/mol. The van der Waals surface area contributed by atoms with Crippen LogP contribution in [0.25, 0.3) is 28.1 Å². The summed E-state index contributed by atoms with van der Waals surface area (Å²) in [6.07, 6.45) is 5.72. The Hall–Kier alpha value is -3.09. The number of nitrogens with zero attached hydrogens (tertiary/aromatic N) is 3. The Morgan fingerprint density at radius 1 is 1.18 bits per heavy atom. The van der Waals surface area contributed by atoms with Crippen molar-refractivity contribution in [2.75, 3.05) is 5.32 Å². The molecule has 166 valence electrons. The zero-order valence-electron chi connectivity index (χ0n) is 18.1. The molecule has 1 heterocycles. The third-order valence-corrected chi connectivity index (χ3v) is 5.94. The molecule has 1 saturated carbocycles. The second-order valence-corrected chi connectivity index (χ2v) is 9.80. The van der Waals surface area contributed by atoms with E-state index in [0.717, 1.165) is 62.2 Å². The summed E-state index contributed by atoms with van der Waals surface area (Å²) in [7, 11) is 0. The molecule has 0 radical (unpaired) electrons. The highest BCUT2D eigenvalue weighted by Crippen LogP contribution is 2.31.